The van der Waals surface area contributed by atoms with Crippen LogP contribution < -0.4 is 5.32 Å². The second-order valence-corrected chi connectivity index (χ2v) is 5.68. The van der Waals surface area contributed by atoms with Crippen molar-refractivity contribution < 1.29 is 13.9 Å². The summed E-state index contributed by atoms with van der Waals surface area (Å²) in [5.74, 6) is 1.39. The third-order valence-electron chi connectivity index (χ3n) is 4.25. The second kappa shape index (κ2) is 7.48. The van der Waals surface area contributed by atoms with Gasteiger partial charge in [-0.25, -0.2) is 4.79 Å². The fourth-order valence-electron chi connectivity index (χ4n) is 2.92. The lowest BCUT2D eigenvalue weighted by molar-refractivity contribution is 0.0562. The summed E-state index contributed by atoms with van der Waals surface area (Å²) in [6.07, 6.45) is 8.10. The minimum atomic E-state index is -0.423. The molecule has 0 aromatic carbocycles. The van der Waals surface area contributed by atoms with Crippen LogP contribution in [0.25, 0.3) is 0 Å². The van der Waals surface area contributed by atoms with E-state index in [9.17, 15) is 4.79 Å². The molecule has 4 heteroatoms. The van der Waals surface area contributed by atoms with Crippen LogP contribution in [0, 0.1) is 5.92 Å². The van der Waals surface area contributed by atoms with Crippen molar-refractivity contribution in [1.29, 1.82) is 0 Å². The van der Waals surface area contributed by atoms with Crippen molar-refractivity contribution in [2.45, 2.75) is 58.0 Å². The third kappa shape index (κ3) is 4.10. The SMILES string of the molecule is COC(=O)c1ccc(CN[C@@H](C)C2CCCCCC2)o1. The highest BCUT2D eigenvalue weighted by molar-refractivity contribution is 5.86. The molecule has 0 unspecified atom stereocenters. The quantitative estimate of drug-likeness (QED) is 0.662. The summed E-state index contributed by atoms with van der Waals surface area (Å²) in [6, 6.07) is 3.98. The molecule has 0 spiro atoms. The molecule has 1 atom stereocenters. The molecule has 0 amide bonds. The molecule has 1 fully saturated rings. The molecular formula is C16H25NO3. The molecule has 1 aliphatic rings. The zero-order valence-electron chi connectivity index (χ0n) is 12.5. The number of hydrogen-bond acceptors (Lipinski definition) is 4. The number of furan rings is 1. The Morgan fingerprint density at radius 2 is 2.05 bits per heavy atom. The van der Waals surface area contributed by atoms with Crippen molar-refractivity contribution in [2.24, 2.45) is 5.92 Å². The van der Waals surface area contributed by atoms with Gasteiger partial charge < -0.3 is 14.5 Å². The topological polar surface area (TPSA) is 51.5 Å². The summed E-state index contributed by atoms with van der Waals surface area (Å²) < 4.78 is 10.1. The molecule has 0 radical (unpaired) electrons. The third-order valence-corrected chi connectivity index (χ3v) is 4.25. The van der Waals surface area contributed by atoms with Gasteiger partial charge in [0, 0.05) is 6.04 Å². The van der Waals surface area contributed by atoms with E-state index in [1.807, 2.05) is 6.07 Å². The van der Waals surface area contributed by atoms with Crippen molar-refractivity contribution in [1.82, 2.24) is 5.32 Å². The van der Waals surface area contributed by atoms with E-state index < -0.39 is 5.97 Å². The highest BCUT2D eigenvalue weighted by Gasteiger charge is 2.19. The average molecular weight is 279 g/mol. The number of esters is 1. The number of carbonyl (C=O) groups excluding carboxylic acids is 1. The number of methoxy groups -OCH3 is 1. The van der Waals surface area contributed by atoms with Crippen LogP contribution in [0.1, 0.15) is 61.8 Å². The highest BCUT2D eigenvalue weighted by Crippen LogP contribution is 2.25. The lowest BCUT2D eigenvalue weighted by atomic mass is 9.93. The Morgan fingerprint density at radius 1 is 1.35 bits per heavy atom. The summed E-state index contributed by atoms with van der Waals surface area (Å²) in [5, 5.41) is 3.52. The Bertz CT molecular complexity index is 419. The molecule has 4 nitrogen and oxygen atoms in total. The standard InChI is InChI=1S/C16H25NO3/c1-12(13-7-5-3-4-6-8-13)17-11-14-9-10-15(20-14)16(18)19-2/h9-10,12-13,17H,3-8,11H2,1-2H3/t12-/m0/s1. The molecule has 1 saturated carbocycles. The summed E-state index contributed by atoms with van der Waals surface area (Å²) in [7, 11) is 1.36. The molecule has 1 heterocycles. The van der Waals surface area contributed by atoms with Crippen molar-refractivity contribution >= 4 is 5.97 Å². The van der Waals surface area contributed by atoms with Crippen LogP contribution in [0.5, 0.6) is 0 Å². The van der Waals surface area contributed by atoms with Crippen molar-refractivity contribution in [2.75, 3.05) is 7.11 Å². The maximum atomic E-state index is 11.3. The first kappa shape index (κ1) is 15.1. The van der Waals surface area contributed by atoms with Crippen LogP contribution in [0.4, 0.5) is 0 Å². The fraction of sp³-hybridized carbons (Fsp3) is 0.688. The van der Waals surface area contributed by atoms with Gasteiger partial charge in [0.05, 0.1) is 13.7 Å². The van der Waals surface area contributed by atoms with Gasteiger partial charge in [0.2, 0.25) is 5.76 Å². The van der Waals surface area contributed by atoms with E-state index in [0.717, 1.165) is 11.7 Å². The summed E-state index contributed by atoms with van der Waals surface area (Å²) >= 11 is 0. The van der Waals surface area contributed by atoms with Gasteiger partial charge in [-0.15, -0.1) is 0 Å². The van der Waals surface area contributed by atoms with Crippen molar-refractivity contribution in [3.05, 3.63) is 23.7 Å². The van der Waals surface area contributed by atoms with Gasteiger partial charge in [0.25, 0.3) is 0 Å². The Balaban J connectivity index is 1.81. The zero-order valence-corrected chi connectivity index (χ0v) is 12.5. The summed E-state index contributed by atoms with van der Waals surface area (Å²) in [6.45, 7) is 2.91. The predicted octanol–water partition coefficient (Wildman–Crippen LogP) is 3.51. The van der Waals surface area contributed by atoms with Gasteiger partial charge in [0.1, 0.15) is 5.76 Å². The van der Waals surface area contributed by atoms with Gasteiger partial charge in [-0.1, -0.05) is 25.7 Å². The predicted molar refractivity (Wildman–Crippen MR) is 77.5 cm³/mol. The first-order valence-corrected chi connectivity index (χ1v) is 7.61. The molecule has 1 aliphatic carbocycles. The molecule has 0 saturated heterocycles. The van der Waals surface area contributed by atoms with Gasteiger partial charge >= 0.3 is 5.97 Å². The number of hydrogen-bond donors (Lipinski definition) is 1. The zero-order chi connectivity index (χ0) is 14.4. The van der Waals surface area contributed by atoms with Crippen molar-refractivity contribution in [3.8, 4) is 0 Å². The molecule has 1 aromatic heterocycles. The molecule has 2 rings (SSSR count). The van der Waals surface area contributed by atoms with E-state index in [4.69, 9.17) is 4.42 Å². The maximum Gasteiger partial charge on any atom is 0.373 e. The van der Waals surface area contributed by atoms with E-state index in [2.05, 4.69) is 17.0 Å². The Labute approximate surface area is 120 Å². The molecule has 1 aromatic rings. The van der Waals surface area contributed by atoms with Crippen LogP contribution in [-0.2, 0) is 11.3 Å². The van der Waals surface area contributed by atoms with E-state index >= 15 is 0 Å². The van der Waals surface area contributed by atoms with Crippen LogP contribution in [0.15, 0.2) is 16.5 Å². The van der Waals surface area contributed by atoms with Crippen LogP contribution in [-0.4, -0.2) is 19.1 Å². The Morgan fingerprint density at radius 3 is 2.70 bits per heavy atom. The number of ether oxygens (including phenoxy) is 1. The van der Waals surface area contributed by atoms with E-state index in [-0.39, 0.29) is 5.76 Å². The number of carbonyl (C=O) groups is 1. The largest absolute Gasteiger partial charge is 0.463 e. The molecular weight excluding hydrogens is 254 g/mol. The average Bonchev–Trinajstić information content (AvgIpc) is 2.77. The van der Waals surface area contributed by atoms with E-state index in [1.165, 1.54) is 45.6 Å². The minimum absolute atomic E-state index is 0.270. The molecule has 0 aliphatic heterocycles. The van der Waals surface area contributed by atoms with Crippen LogP contribution in [0.3, 0.4) is 0 Å². The molecule has 0 bridgehead atoms. The molecule has 112 valence electrons. The lowest BCUT2D eigenvalue weighted by Gasteiger charge is -2.23. The number of nitrogens with one attached hydrogen (secondary N) is 1. The maximum absolute atomic E-state index is 11.3. The van der Waals surface area contributed by atoms with Crippen LogP contribution in [0.2, 0.25) is 0 Å². The smallest absolute Gasteiger partial charge is 0.373 e. The molecule has 20 heavy (non-hydrogen) atoms. The normalized spacial score (nSPS) is 18.5. The number of rotatable bonds is 5. The summed E-state index contributed by atoms with van der Waals surface area (Å²) in [5.41, 5.74) is 0. The van der Waals surface area contributed by atoms with Gasteiger partial charge in [-0.2, -0.15) is 0 Å². The molecule has 1 N–H and O–H groups in total. The van der Waals surface area contributed by atoms with Crippen LogP contribution >= 0.6 is 0 Å². The van der Waals surface area contributed by atoms with Gasteiger partial charge in [0.15, 0.2) is 0 Å². The Hall–Kier alpha value is -1.29. The first-order valence-electron chi connectivity index (χ1n) is 7.61. The van der Waals surface area contributed by atoms with Gasteiger partial charge in [-0.05, 0) is 37.8 Å². The second-order valence-electron chi connectivity index (χ2n) is 5.68. The fourth-order valence-corrected chi connectivity index (χ4v) is 2.92. The van der Waals surface area contributed by atoms with Gasteiger partial charge in [-0.3, -0.25) is 0 Å². The monoisotopic (exact) mass is 279 g/mol. The highest BCUT2D eigenvalue weighted by atomic mass is 16.5. The van der Waals surface area contributed by atoms with E-state index in [1.54, 1.807) is 6.07 Å². The Kier molecular flexibility index (Phi) is 5.65. The minimum Gasteiger partial charge on any atom is -0.463 e. The van der Waals surface area contributed by atoms with E-state index in [0.29, 0.717) is 12.6 Å². The summed E-state index contributed by atoms with van der Waals surface area (Å²) in [4.78, 5) is 11.3. The first-order chi connectivity index (χ1) is 9.70. The van der Waals surface area contributed by atoms with Crippen molar-refractivity contribution in [3.63, 3.8) is 0 Å². The lowest BCUT2D eigenvalue weighted by Crippen LogP contribution is -2.32.